The Balaban J connectivity index is 1.34. The first-order chi connectivity index (χ1) is 19.6. The zero-order chi connectivity index (χ0) is 28.9. The summed E-state index contributed by atoms with van der Waals surface area (Å²) in [5, 5.41) is 4.96. The highest BCUT2D eigenvalue weighted by Gasteiger charge is 2.45. The van der Waals surface area contributed by atoms with Crippen molar-refractivity contribution in [1.29, 1.82) is 0 Å². The Morgan fingerprint density at radius 3 is 2.51 bits per heavy atom. The van der Waals surface area contributed by atoms with Gasteiger partial charge in [-0.15, -0.1) is 0 Å². The summed E-state index contributed by atoms with van der Waals surface area (Å²) in [4.78, 5) is 16.2. The van der Waals surface area contributed by atoms with Gasteiger partial charge in [0.1, 0.15) is 35.5 Å². The zero-order valence-corrected chi connectivity index (χ0v) is 22.9. The minimum absolute atomic E-state index is 0.0399. The molecule has 2 aliphatic rings. The van der Waals surface area contributed by atoms with Crippen LogP contribution in [0.3, 0.4) is 0 Å². The van der Waals surface area contributed by atoms with E-state index >= 15 is 0 Å². The second-order valence-corrected chi connectivity index (χ2v) is 10.6. The van der Waals surface area contributed by atoms with Crippen molar-refractivity contribution >= 4 is 29.2 Å². The first kappa shape index (κ1) is 27.4. The van der Waals surface area contributed by atoms with Gasteiger partial charge in [-0.1, -0.05) is 40.5 Å². The molecule has 2 aromatic heterocycles. The fourth-order valence-electron chi connectivity index (χ4n) is 4.82. The standard InChI is InChI=1S/C29H21Cl2F3N2O5/c1-38-28(37)16-8-7-15-11-18(29(32,33)34)26-21(40-22(15)12-16)9-10-23(35-26)39-13-17-25(36-41-27(17)14-5-6-14)24-19(30)3-2-4-20(24)31/h2-4,7-10,12,14,18H,5-6,11,13H2,1H3. The van der Waals surface area contributed by atoms with Crippen LogP contribution in [0.4, 0.5) is 13.2 Å². The first-order valence-corrected chi connectivity index (χ1v) is 13.4. The van der Waals surface area contributed by atoms with Gasteiger partial charge >= 0.3 is 12.1 Å². The molecule has 1 aliphatic carbocycles. The van der Waals surface area contributed by atoms with E-state index in [0.29, 0.717) is 32.6 Å². The van der Waals surface area contributed by atoms with Gasteiger partial charge in [0.15, 0.2) is 0 Å². The molecule has 2 aromatic carbocycles. The Bertz CT molecular complexity index is 1630. The number of fused-ring (bicyclic) bond motifs is 2. The third-order valence-corrected chi connectivity index (χ3v) is 7.68. The number of rotatable bonds is 6. The molecular weight excluding hydrogens is 584 g/mol. The Labute approximate surface area is 242 Å². The molecule has 0 N–H and O–H groups in total. The van der Waals surface area contributed by atoms with E-state index in [1.165, 1.54) is 37.4 Å². The van der Waals surface area contributed by atoms with E-state index < -0.39 is 24.5 Å². The van der Waals surface area contributed by atoms with Crippen molar-refractivity contribution in [2.24, 2.45) is 0 Å². The van der Waals surface area contributed by atoms with Crippen molar-refractivity contribution in [3.05, 3.63) is 86.7 Å². The summed E-state index contributed by atoms with van der Waals surface area (Å²) in [5.74, 6) is -1.83. The van der Waals surface area contributed by atoms with E-state index in [1.807, 2.05) is 0 Å². The Morgan fingerprint density at radius 2 is 1.83 bits per heavy atom. The summed E-state index contributed by atoms with van der Waals surface area (Å²) in [6.45, 7) is -0.0851. The molecule has 0 saturated heterocycles. The maximum absolute atomic E-state index is 14.3. The van der Waals surface area contributed by atoms with Crippen LogP contribution in [0.5, 0.6) is 17.4 Å². The summed E-state index contributed by atoms with van der Waals surface area (Å²) < 4.78 is 65.1. The predicted molar refractivity (Wildman–Crippen MR) is 143 cm³/mol. The van der Waals surface area contributed by atoms with Gasteiger partial charge in [0.25, 0.3) is 0 Å². The number of hydrogen-bond acceptors (Lipinski definition) is 7. The lowest BCUT2D eigenvalue weighted by molar-refractivity contribution is -0.151. The number of aromatic nitrogens is 2. The van der Waals surface area contributed by atoms with Gasteiger partial charge in [0, 0.05) is 17.5 Å². The Morgan fingerprint density at radius 1 is 1.07 bits per heavy atom. The lowest BCUT2D eigenvalue weighted by Crippen LogP contribution is -2.23. The summed E-state index contributed by atoms with van der Waals surface area (Å²) in [6, 6.07) is 12.0. The molecular formula is C29H21Cl2F3N2O5. The number of nitrogens with zero attached hydrogens (tertiary/aromatic N) is 2. The molecule has 212 valence electrons. The summed E-state index contributed by atoms with van der Waals surface area (Å²) >= 11 is 12.8. The highest BCUT2D eigenvalue weighted by Crippen LogP contribution is 2.48. The van der Waals surface area contributed by atoms with Crippen molar-refractivity contribution in [3.8, 4) is 28.6 Å². The topological polar surface area (TPSA) is 83.7 Å². The smallest absolute Gasteiger partial charge is 0.397 e. The number of hydrogen-bond donors (Lipinski definition) is 0. The molecule has 1 aliphatic heterocycles. The second kappa shape index (κ2) is 10.6. The fraction of sp³-hybridized carbons (Fsp3) is 0.276. The Kier molecular flexibility index (Phi) is 7.07. The minimum Gasteiger partial charge on any atom is -0.473 e. The van der Waals surface area contributed by atoms with Gasteiger partial charge in [-0.2, -0.15) is 13.2 Å². The number of methoxy groups -OCH3 is 1. The lowest BCUT2D eigenvalue weighted by atomic mass is 9.94. The zero-order valence-electron chi connectivity index (χ0n) is 21.4. The summed E-state index contributed by atoms with van der Waals surface area (Å²) in [5.41, 5.74) is 1.60. The number of halogens is 5. The van der Waals surface area contributed by atoms with Crippen molar-refractivity contribution in [2.45, 2.75) is 43.9 Å². The van der Waals surface area contributed by atoms with Crippen LogP contribution in [0.2, 0.25) is 10.0 Å². The Hall–Kier alpha value is -3.76. The van der Waals surface area contributed by atoms with Crippen LogP contribution < -0.4 is 9.47 Å². The van der Waals surface area contributed by atoms with Crippen molar-refractivity contribution in [3.63, 3.8) is 0 Å². The summed E-state index contributed by atoms with van der Waals surface area (Å²) in [6.07, 6.45) is -3.24. The third-order valence-electron chi connectivity index (χ3n) is 7.05. The average molecular weight is 605 g/mol. The molecule has 0 spiro atoms. The number of ether oxygens (including phenoxy) is 3. The SMILES string of the molecule is COC(=O)c1ccc2c(c1)Oc1ccc(OCc3c(-c4c(Cl)cccc4Cl)noc3C3CC3)nc1C(C(F)(F)F)C2. The van der Waals surface area contributed by atoms with E-state index in [0.717, 1.165) is 12.8 Å². The third kappa shape index (κ3) is 5.34. The molecule has 1 saturated carbocycles. The van der Waals surface area contributed by atoms with Gasteiger partial charge in [-0.3, -0.25) is 0 Å². The maximum atomic E-state index is 14.3. The molecule has 7 nitrogen and oxygen atoms in total. The minimum atomic E-state index is -4.63. The molecule has 4 aromatic rings. The lowest BCUT2D eigenvalue weighted by Gasteiger charge is -2.19. The van der Waals surface area contributed by atoms with Crippen LogP contribution >= 0.6 is 23.2 Å². The molecule has 6 rings (SSSR count). The molecule has 0 bridgehead atoms. The fourth-order valence-corrected chi connectivity index (χ4v) is 5.40. The van der Waals surface area contributed by atoms with Crippen LogP contribution in [-0.2, 0) is 17.8 Å². The largest absolute Gasteiger partial charge is 0.473 e. The van der Waals surface area contributed by atoms with Crippen LogP contribution in [0.15, 0.2) is 53.1 Å². The normalized spacial score (nSPS) is 16.3. The number of carbonyl (C=O) groups is 1. The maximum Gasteiger partial charge on any atom is 0.397 e. The summed E-state index contributed by atoms with van der Waals surface area (Å²) in [7, 11) is 1.22. The molecule has 3 heterocycles. The highest BCUT2D eigenvalue weighted by molar-refractivity contribution is 6.39. The number of carbonyl (C=O) groups excluding carboxylic acids is 1. The van der Waals surface area contributed by atoms with Gasteiger partial charge in [0.2, 0.25) is 5.88 Å². The van der Waals surface area contributed by atoms with E-state index in [9.17, 15) is 18.0 Å². The van der Waals surface area contributed by atoms with Crippen LogP contribution in [0.1, 0.15) is 57.6 Å². The van der Waals surface area contributed by atoms with E-state index in [-0.39, 0.29) is 46.7 Å². The van der Waals surface area contributed by atoms with Crippen molar-refractivity contribution in [2.75, 3.05) is 7.11 Å². The van der Waals surface area contributed by atoms with Gasteiger partial charge < -0.3 is 18.7 Å². The quantitative estimate of drug-likeness (QED) is 0.205. The highest BCUT2D eigenvalue weighted by atomic mass is 35.5. The average Bonchev–Trinajstić information content (AvgIpc) is 3.72. The van der Waals surface area contributed by atoms with Crippen molar-refractivity contribution < 1.29 is 36.7 Å². The molecule has 1 atom stereocenters. The number of alkyl halides is 3. The van der Waals surface area contributed by atoms with Gasteiger partial charge in [0.05, 0.1) is 34.0 Å². The predicted octanol–water partition coefficient (Wildman–Crippen LogP) is 8.28. The van der Waals surface area contributed by atoms with E-state index in [4.69, 9.17) is 41.9 Å². The second-order valence-electron chi connectivity index (χ2n) is 9.78. The number of benzene rings is 2. The van der Waals surface area contributed by atoms with Crippen LogP contribution in [0, 0.1) is 0 Å². The molecule has 12 heteroatoms. The van der Waals surface area contributed by atoms with Crippen LogP contribution in [0.25, 0.3) is 11.3 Å². The van der Waals surface area contributed by atoms with E-state index in [2.05, 4.69) is 10.1 Å². The monoisotopic (exact) mass is 604 g/mol. The van der Waals surface area contributed by atoms with Gasteiger partial charge in [-0.25, -0.2) is 9.78 Å². The number of esters is 1. The molecule has 41 heavy (non-hydrogen) atoms. The molecule has 1 fully saturated rings. The van der Waals surface area contributed by atoms with Crippen LogP contribution in [-0.4, -0.2) is 29.4 Å². The first-order valence-electron chi connectivity index (χ1n) is 12.7. The van der Waals surface area contributed by atoms with Gasteiger partial charge in [-0.05, 0) is 55.2 Å². The molecule has 1 unspecified atom stereocenters. The van der Waals surface area contributed by atoms with E-state index in [1.54, 1.807) is 18.2 Å². The van der Waals surface area contributed by atoms with Crippen molar-refractivity contribution in [1.82, 2.24) is 10.1 Å². The molecule has 0 amide bonds. The number of pyridine rings is 1. The molecule has 0 radical (unpaired) electrons.